The Morgan fingerprint density at radius 3 is 2.48 bits per heavy atom. The molecule has 2 aromatic carbocycles. The molecule has 0 amide bonds. The summed E-state index contributed by atoms with van der Waals surface area (Å²) in [4.78, 5) is 1.47. The van der Waals surface area contributed by atoms with Crippen molar-refractivity contribution in [1.82, 2.24) is 0 Å². The van der Waals surface area contributed by atoms with E-state index in [0.717, 1.165) is 11.4 Å². The summed E-state index contributed by atoms with van der Waals surface area (Å²) in [5.74, 6) is 0.929. The van der Waals surface area contributed by atoms with Crippen LogP contribution in [0.1, 0.15) is 11.6 Å². The van der Waals surface area contributed by atoms with Crippen LogP contribution in [-0.4, -0.2) is 11.3 Å². The first kappa shape index (κ1) is 14.7. The van der Waals surface area contributed by atoms with Gasteiger partial charge in [-0.15, -0.1) is 11.8 Å². The zero-order valence-corrected chi connectivity index (χ0v) is 12.5. The van der Waals surface area contributed by atoms with E-state index in [-0.39, 0.29) is 22.7 Å². The SMILES string of the molecule is FC(F)(F)Sc1ccc(NC2CSc3ccccc32)cc1. The molecule has 6 heteroatoms. The molecule has 110 valence electrons. The predicted molar refractivity (Wildman–Crippen MR) is 81.9 cm³/mol. The van der Waals surface area contributed by atoms with Crippen LogP contribution in [0.15, 0.2) is 58.3 Å². The molecule has 0 bridgehead atoms. The molecular formula is C15H12F3NS2. The van der Waals surface area contributed by atoms with Gasteiger partial charge in [-0.05, 0) is 47.7 Å². The molecule has 1 aliphatic heterocycles. The minimum absolute atomic E-state index is 0.0911. The van der Waals surface area contributed by atoms with Crippen molar-refractivity contribution in [3.8, 4) is 0 Å². The molecule has 1 atom stereocenters. The highest BCUT2D eigenvalue weighted by Gasteiger charge is 2.29. The number of hydrogen-bond acceptors (Lipinski definition) is 3. The normalized spacial score (nSPS) is 17.6. The van der Waals surface area contributed by atoms with Gasteiger partial charge in [0.25, 0.3) is 0 Å². The van der Waals surface area contributed by atoms with Gasteiger partial charge in [0.1, 0.15) is 0 Å². The van der Waals surface area contributed by atoms with E-state index in [2.05, 4.69) is 17.4 Å². The summed E-state index contributed by atoms with van der Waals surface area (Å²) in [5.41, 5.74) is -2.16. The van der Waals surface area contributed by atoms with Gasteiger partial charge < -0.3 is 5.32 Å². The smallest absolute Gasteiger partial charge is 0.377 e. The molecule has 3 rings (SSSR count). The number of nitrogens with one attached hydrogen (secondary N) is 1. The van der Waals surface area contributed by atoms with E-state index in [0.29, 0.717) is 0 Å². The summed E-state index contributed by atoms with van der Waals surface area (Å²) in [6, 6.07) is 14.8. The topological polar surface area (TPSA) is 12.0 Å². The van der Waals surface area contributed by atoms with Gasteiger partial charge in [-0.3, -0.25) is 0 Å². The van der Waals surface area contributed by atoms with Crippen LogP contribution in [0.2, 0.25) is 0 Å². The maximum absolute atomic E-state index is 12.3. The highest BCUT2D eigenvalue weighted by molar-refractivity contribution is 8.00. The number of benzene rings is 2. The molecule has 1 heterocycles. The van der Waals surface area contributed by atoms with Crippen molar-refractivity contribution in [2.24, 2.45) is 0 Å². The zero-order valence-electron chi connectivity index (χ0n) is 10.9. The average molecular weight is 327 g/mol. The molecule has 0 aromatic heterocycles. The Morgan fingerprint density at radius 2 is 1.76 bits per heavy atom. The lowest BCUT2D eigenvalue weighted by Crippen LogP contribution is -2.09. The molecule has 0 saturated carbocycles. The summed E-state index contributed by atoms with van der Waals surface area (Å²) in [6.07, 6.45) is 0. The zero-order chi connectivity index (χ0) is 14.9. The van der Waals surface area contributed by atoms with Gasteiger partial charge in [-0.25, -0.2) is 0 Å². The monoisotopic (exact) mass is 327 g/mol. The van der Waals surface area contributed by atoms with Crippen molar-refractivity contribution in [2.45, 2.75) is 21.3 Å². The van der Waals surface area contributed by atoms with E-state index in [9.17, 15) is 13.2 Å². The van der Waals surface area contributed by atoms with Crippen molar-refractivity contribution in [3.63, 3.8) is 0 Å². The minimum atomic E-state index is -4.24. The molecule has 1 N–H and O–H groups in total. The first-order chi connectivity index (χ1) is 10.0. The molecule has 0 radical (unpaired) electrons. The van der Waals surface area contributed by atoms with Crippen LogP contribution >= 0.6 is 23.5 Å². The fraction of sp³-hybridized carbons (Fsp3) is 0.200. The summed E-state index contributed by atoms with van der Waals surface area (Å²) >= 11 is 1.70. The van der Waals surface area contributed by atoms with Crippen LogP contribution < -0.4 is 5.32 Å². The first-order valence-corrected chi connectivity index (χ1v) is 8.15. The van der Waals surface area contributed by atoms with Crippen LogP contribution in [0.4, 0.5) is 18.9 Å². The van der Waals surface area contributed by atoms with Crippen molar-refractivity contribution in [3.05, 3.63) is 54.1 Å². The number of hydrogen-bond donors (Lipinski definition) is 1. The molecule has 0 spiro atoms. The summed E-state index contributed by atoms with van der Waals surface area (Å²) < 4.78 is 36.8. The number of thioether (sulfide) groups is 2. The van der Waals surface area contributed by atoms with E-state index < -0.39 is 5.51 Å². The Kier molecular flexibility index (Phi) is 4.08. The minimum Gasteiger partial charge on any atom is -0.377 e. The summed E-state index contributed by atoms with van der Waals surface area (Å²) in [7, 11) is 0. The molecule has 2 aromatic rings. The molecule has 1 nitrogen and oxygen atoms in total. The van der Waals surface area contributed by atoms with Gasteiger partial charge in [0.2, 0.25) is 0 Å². The average Bonchev–Trinajstić information content (AvgIpc) is 2.83. The Bertz CT molecular complexity index is 626. The van der Waals surface area contributed by atoms with Gasteiger partial charge in [0.15, 0.2) is 0 Å². The van der Waals surface area contributed by atoms with Gasteiger partial charge in [-0.2, -0.15) is 13.2 Å². The van der Waals surface area contributed by atoms with E-state index in [1.165, 1.54) is 22.6 Å². The number of anilines is 1. The van der Waals surface area contributed by atoms with E-state index >= 15 is 0 Å². The fourth-order valence-corrected chi connectivity index (χ4v) is 3.94. The van der Waals surface area contributed by atoms with Crippen molar-refractivity contribution in [2.75, 3.05) is 11.1 Å². The lowest BCUT2D eigenvalue weighted by Gasteiger charge is -2.15. The molecule has 1 aliphatic rings. The van der Waals surface area contributed by atoms with Crippen LogP contribution in [-0.2, 0) is 0 Å². The third kappa shape index (κ3) is 3.68. The van der Waals surface area contributed by atoms with Crippen molar-refractivity contribution >= 4 is 29.2 Å². The summed E-state index contributed by atoms with van der Waals surface area (Å²) in [5, 5.41) is 3.38. The highest BCUT2D eigenvalue weighted by Crippen LogP contribution is 2.40. The molecule has 1 unspecified atom stereocenters. The standard InChI is InChI=1S/C15H12F3NS2/c16-15(17,18)21-11-7-5-10(6-8-11)19-13-9-20-14-4-2-1-3-12(13)14/h1-8,13,19H,9H2. The van der Waals surface area contributed by atoms with Gasteiger partial charge in [0.05, 0.1) is 6.04 Å². The van der Waals surface area contributed by atoms with Gasteiger partial charge >= 0.3 is 5.51 Å². The second kappa shape index (κ2) is 5.85. The van der Waals surface area contributed by atoms with Crippen LogP contribution in [0.3, 0.4) is 0 Å². The Balaban J connectivity index is 1.69. The molecular weight excluding hydrogens is 315 g/mol. The second-order valence-corrected chi connectivity index (χ2v) is 6.82. The first-order valence-electron chi connectivity index (χ1n) is 6.35. The van der Waals surface area contributed by atoms with Crippen LogP contribution in [0, 0.1) is 0 Å². The Morgan fingerprint density at radius 1 is 1.05 bits per heavy atom. The predicted octanol–water partition coefficient (Wildman–Crippen LogP) is 5.56. The highest BCUT2D eigenvalue weighted by atomic mass is 32.2. The number of fused-ring (bicyclic) bond motifs is 1. The van der Waals surface area contributed by atoms with Gasteiger partial charge in [-0.1, -0.05) is 18.2 Å². The van der Waals surface area contributed by atoms with E-state index in [1.54, 1.807) is 23.9 Å². The Hall–Kier alpha value is -1.27. The number of halogens is 3. The van der Waals surface area contributed by atoms with Crippen molar-refractivity contribution < 1.29 is 13.2 Å². The van der Waals surface area contributed by atoms with Crippen LogP contribution in [0.25, 0.3) is 0 Å². The lowest BCUT2D eigenvalue weighted by molar-refractivity contribution is -0.0328. The van der Waals surface area contributed by atoms with Crippen LogP contribution in [0.5, 0.6) is 0 Å². The van der Waals surface area contributed by atoms with Crippen molar-refractivity contribution in [1.29, 1.82) is 0 Å². The summed E-state index contributed by atoms with van der Waals surface area (Å²) in [6.45, 7) is 0. The molecule has 0 fully saturated rings. The molecule has 21 heavy (non-hydrogen) atoms. The van der Waals surface area contributed by atoms with E-state index in [4.69, 9.17) is 0 Å². The van der Waals surface area contributed by atoms with Gasteiger partial charge in [0, 0.05) is 21.2 Å². The maximum Gasteiger partial charge on any atom is 0.446 e. The number of alkyl halides is 3. The molecule has 0 saturated heterocycles. The quantitative estimate of drug-likeness (QED) is 0.742. The number of rotatable bonds is 3. The largest absolute Gasteiger partial charge is 0.446 e. The van der Waals surface area contributed by atoms with E-state index in [1.807, 2.05) is 12.1 Å². The lowest BCUT2D eigenvalue weighted by atomic mass is 10.1. The third-order valence-electron chi connectivity index (χ3n) is 3.13. The third-order valence-corrected chi connectivity index (χ3v) is 5.05. The second-order valence-electron chi connectivity index (χ2n) is 4.62. The maximum atomic E-state index is 12.3. The fourth-order valence-electron chi connectivity index (χ4n) is 2.24. The molecule has 0 aliphatic carbocycles. The Labute approximate surface area is 129 Å².